The highest BCUT2D eigenvalue weighted by atomic mass is 19.4. The molecule has 3 N–H and O–H groups in total. The lowest BCUT2D eigenvalue weighted by atomic mass is 9.98. The number of amides is 1. The number of aryl methyl sites for hydroxylation is 1. The number of halogens is 3. The minimum atomic E-state index is -4.54. The highest BCUT2D eigenvalue weighted by molar-refractivity contribution is 6.06. The Bertz CT molecular complexity index is 1520. The van der Waals surface area contributed by atoms with Crippen molar-refractivity contribution in [1.82, 2.24) is 24.8 Å². The van der Waals surface area contributed by atoms with Crippen molar-refractivity contribution in [3.8, 4) is 11.1 Å². The highest BCUT2D eigenvalue weighted by Crippen LogP contribution is 2.35. The number of alkyl halides is 3. The molecule has 0 unspecified atom stereocenters. The predicted molar refractivity (Wildman–Crippen MR) is 150 cm³/mol. The number of hydrogen-bond donors (Lipinski definition) is 3. The van der Waals surface area contributed by atoms with Gasteiger partial charge in [-0.3, -0.25) is 9.69 Å². The normalized spacial score (nSPS) is 14.9. The average Bonchev–Trinajstić information content (AvgIpc) is 3.44. The molecule has 1 amide bonds. The van der Waals surface area contributed by atoms with Gasteiger partial charge in [0.25, 0.3) is 5.91 Å². The second-order valence-corrected chi connectivity index (χ2v) is 9.96. The smallest absolute Gasteiger partial charge is 0.371 e. The van der Waals surface area contributed by atoms with Crippen molar-refractivity contribution < 1.29 is 18.0 Å². The van der Waals surface area contributed by atoms with Crippen molar-refractivity contribution in [3.63, 3.8) is 0 Å². The maximum atomic E-state index is 14.0. The summed E-state index contributed by atoms with van der Waals surface area (Å²) in [5.41, 5.74) is 3.71. The molecule has 0 atom stereocenters. The SMILES string of the molecule is CCN1CCN(Cc2ccc(NC(=O)c3ccc(C)c(-c4cnc(NC)c5[nH]cnc45)c3)cc2C(F)(F)F)CC1. The van der Waals surface area contributed by atoms with Gasteiger partial charge in [0, 0.05) is 62.8 Å². The largest absolute Gasteiger partial charge is 0.416 e. The number of aromatic nitrogens is 3. The van der Waals surface area contributed by atoms with Gasteiger partial charge in [0.15, 0.2) is 5.82 Å². The number of piperazine rings is 1. The van der Waals surface area contributed by atoms with Crippen LogP contribution >= 0.6 is 0 Å². The molecule has 5 rings (SSSR count). The van der Waals surface area contributed by atoms with Gasteiger partial charge < -0.3 is 20.5 Å². The Labute approximate surface area is 230 Å². The molecule has 0 spiro atoms. The van der Waals surface area contributed by atoms with E-state index in [4.69, 9.17) is 0 Å². The number of nitrogens with zero attached hydrogens (tertiary/aromatic N) is 4. The Morgan fingerprint density at radius 3 is 2.48 bits per heavy atom. The lowest BCUT2D eigenvalue weighted by molar-refractivity contribution is -0.138. The van der Waals surface area contributed by atoms with Gasteiger partial charge in [0.2, 0.25) is 0 Å². The molecule has 40 heavy (non-hydrogen) atoms. The third-order valence-corrected chi connectivity index (χ3v) is 7.46. The van der Waals surface area contributed by atoms with E-state index in [0.717, 1.165) is 61.0 Å². The Kier molecular flexibility index (Phi) is 7.77. The number of imidazole rings is 1. The number of carbonyl (C=O) groups excluding carboxylic acids is 1. The molecule has 1 aliphatic heterocycles. The third kappa shape index (κ3) is 5.66. The number of pyridine rings is 1. The van der Waals surface area contributed by atoms with Crippen LogP contribution in [0.5, 0.6) is 0 Å². The van der Waals surface area contributed by atoms with Crippen LogP contribution in [0.25, 0.3) is 22.2 Å². The molecule has 1 saturated heterocycles. The Morgan fingerprint density at radius 2 is 1.77 bits per heavy atom. The first kappa shape index (κ1) is 27.6. The molecule has 3 heterocycles. The summed E-state index contributed by atoms with van der Waals surface area (Å²) in [6.07, 6.45) is -1.27. The molecule has 0 bridgehead atoms. The summed E-state index contributed by atoms with van der Waals surface area (Å²) in [5, 5.41) is 5.68. The molecular weight excluding hydrogens is 519 g/mol. The summed E-state index contributed by atoms with van der Waals surface area (Å²) >= 11 is 0. The van der Waals surface area contributed by atoms with Gasteiger partial charge in [-0.25, -0.2) is 9.97 Å². The van der Waals surface area contributed by atoms with Crippen molar-refractivity contribution >= 4 is 28.4 Å². The van der Waals surface area contributed by atoms with E-state index in [1.807, 2.05) is 11.8 Å². The van der Waals surface area contributed by atoms with Gasteiger partial charge in [-0.15, -0.1) is 0 Å². The Morgan fingerprint density at radius 1 is 1.02 bits per heavy atom. The number of likely N-dealkylation sites (N-methyl/N-ethyl adjacent to an activating group) is 1. The number of rotatable bonds is 7. The first-order valence-corrected chi connectivity index (χ1v) is 13.2. The summed E-state index contributed by atoms with van der Waals surface area (Å²) in [6.45, 7) is 8.26. The molecule has 8 nitrogen and oxygen atoms in total. The van der Waals surface area contributed by atoms with E-state index in [1.54, 1.807) is 37.8 Å². The molecule has 1 fully saturated rings. The summed E-state index contributed by atoms with van der Waals surface area (Å²) in [6, 6.07) is 9.20. The summed E-state index contributed by atoms with van der Waals surface area (Å²) in [5.74, 6) is 0.144. The number of anilines is 2. The van der Waals surface area contributed by atoms with E-state index in [9.17, 15) is 18.0 Å². The minimum Gasteiger partial charge on any atom is -0.371 e. The van der Waals surface area contributed by atoms with Crippen LogP contribution in [-0.4, -0.2) is 70.4 Å². The molecule has 2 aromatic carbocycles. The minimum absolute atomic E-state index is 0.0914. The summed E-state index contributed by atoms with van der Waals surface area (Å²) in [7, 11) is 1.77. The lowest BCUT2D eigenvalue weighted by Gasteiger charge is -2.34. The molecule has 1 aliphatic rings. The van der Waals surface area contributed by atoms with Crippen LogP contribution in [0.4, 0.5) is 24.7 Å². The van der Waals surface area contributed by atoms with Crippen molar-refractivity contribution in [3.05, 3.63) is 71.2 Å². The quantitative estimate of drug-likeness (QED) is 0.286. The number of benzene rings is 2. The Hall–Kier alpha value is -3.96. The van der Waals surface area contributed by atoms with Gasteiger partial charge in [0.1, 0.15) is 11.0 Å². The molecule has 210 valence electrons. The molecule has 0 saturated carbocycles. The van der Waals surface area contributed by atoms with E-state index >= 15 is 0 Å². The summed E-state index contributed by atoms with van der Waals surface area (Å²) < 4.78 is 42.1. The van der Waals surface area contributed by atoms with Gasteiger partial charge in [-0.1, -0.05) is 19.1 Å². The number of hydrogen-bond acceptors (Lipinski definition) is 6. The molecule has 11 heteroatoms. The first-order valence-electron chi connectivity index (χ1n) is 13.2. The van der Waals surface area contributed by atoms with E-state index < -0.39 is 17.6 Å². The van der Waals surface area contributed by atoms with Crippen molar-refractivity contribution in [2.45, 2.75) is 26.6 Å². The molecule has 0 radical (unpaired) electrons. The molecule has 4 aromatic rings. The fraction of sp³-hybridized carbons (Fsp3) is 0.345. The third-order valence-electron chi connectivity index (χ3n) is 7.46. The topological polar surface area (TPSA) is 89.2 Å². The zero-order valence-electron chi connectivity index (χ0n) is 22.7. The highest BCUT2D eigenvalue weighted by Gasteiger charge is 2.34. The summed E-state index contributed by atoms with van der Waals surface area (Å²) in [4.78, 5) is 29.5. The van der Waals surface area contributed by atoms with E-state index in [0.29, 0.717) is 16.9 Å². The van der Waals surface area contributed by atoms with Gasteiger partial charge in [-0.2, -0.15) is 13.2 Å². The van der Waals surface area contributed by atoms with Gasteiger partial charge in [-0.05, 0) is 54.4 Å². The number of fused-ring (bicyclic) bond motifs is 1. The van der Waals surface area contributed by atoms with Gasteiger partial charge >= 0.3 is 6.18 Å². The zero-order chi connectivity index (χ0) is 28.4. The second kappa shape index (κ2) is 11.3. The fourth-order valence-electron chi connectivity index (χ4n) is 5.14. The molecular formula is C29H32F3N7O. The van der Waals surface area contributed by atoms with E-state index in [1.165, 1.54) is 12.1 Å². The van der Waals surface area contributed by atoms with Crippen molar-refractivity contribution in [1.29, 1.82) is 0 Å². The Balaban J connectivity index is 1.39. The number of nitrogens with one attached hydrogen (secondary N) is 3. The number of H-pyrrole nitrogens is 1. The van der Waals surface area contributed by atoms with Crippen LogP contribution in [0.3, 0.4) is 0 Å². The standard InChI is InChI=1S/C29H32F3N7O/c1-4-38-9-11-39(12-10-38)16-20-7-8-21(14-24(20)29(30,31)32)37-28(40)19-6-5-18(2)22(13-19)23-15-34-27(33-3)26-25(23)35-17-36-26/h5-8,13-15,17H,4,9-12,16H2,1-3H3,(H,33,34)(H,35,36)(H,37,40). The molecule has 0 aliphatic carbocycles. The number of carbonyl (C=O) groups is 1. The van der Waals surface area contributed by atoms with Crippen LogP contribution in [0, 0.1) is 6.92 Å². The van der Waals surface area contributed by atoms with E-state index in [-0.39, 0.29) is 17.8 Å². The second-order valence-electron chi connectivity index (χ2n) is 9.96. The maximum Gasteiger partial charge on any atom is 0.416 e. The fourth-order valence-corrected chi connectivity index (χ4v) is 5.14. The van der Waals surface area contributed by atoms with Crippen LogP contribution in [0.15, 0.2) is 48.9 Å². The van der Waals surface area contributed by atoms with Crippen molar-refractivity contribution in [2.24, 2.45) is 0 Å². The maximum absolute atomic E-state index is 14.0. The predicted octanol–water partition coefficient (Wildman–Crippen LogP) is 5.38. The van der Waals surface area contributed by atoms with Crippen LogP contribution in [-0.2, 0) is 12.7 Å². The average molecular weight is 552 g/mol. The number of aromatic amines is 1. The van der Waals surface area contributed by atoms with Crippen molar-refractivity contribution in [2.75, 3.05) is 50.4 Å². The first-order chi connectivity index (χ1) is 19.2. The van der Waals surface area contributed by atoms with Crippen LogP contribution in [0.1, 0.15) is 34.0 Å². The molecule has 2 aromatic heterocycles. The van der Waals surface area contributed by atoms with E-state index in [2.05, 4.69) is 37.4 Å². The van der Waals surface area contributed by atoms with Crippen LogP contribution < -0.4 is 10.6 Å². The monoisotopic (exact) mass is 551 g/mol. The lowest BCUT2D eigenvalue weighted by Crippen LogP contribution is -2.45. The van der Waals surface area contributed by atoms with Gasteiger partial charge in [0.05, 0.1) is 11.9 Å². The zero-order valence-corrected chi connectivity index (χ0v) is 22.7. The van der Waals surface area contributed by atoms with Crippen LogP contribution in [0.2, 0.25) is 0 Å².